The number of carbonyl (C=O) groups excluding carboxylic acids is 2. The van der Waals surface area contributed by atoms with Crippen molar-refractivity contribution in [3.63, 3.8) is 0 Å². The van der Waals surface area contributed by atoms with Crippen LogP contribution in [0.2, 0.25) is 5.02 Å². The zero-order valence-corrected chi connectivity index (χ0v) is 13.8. The topological polar surface area (TPSA) is 68.2 Å². The van der Waals surface area contributed by atoms with Crippen molar-refractivity contribution in [3.8, 4) is 0 Å². The van der Waals surface area contributed by atoms with Crippen LogP contribution in [0.4, 0.5) is 4.79 Å². The van der Waals surface area contributed by atoms with Crippen molar-refractivity contribution >= 4 is 29.3 Å². The van der Waals surface area contributed by atoms with Gasteiger partial charge in [0, 0.05) is 10.6 Å². The van der Waals surface area contributed by atoms with Gasteiger partial charge in [0.25, 0.3) is 0 Å². The summed E-state index contributed by atoms with van der Waals surface area (Å²) >= 11 is 5.89. The lowest BCUT2D eigenvalue weighted by Crippen LogP contribution is -2.43. The molecule has 2 aliphatic rings. The summed E-state index contributed by atoms with van der Waals surface area (Å²) in [5, 5.41) is 4.62. The van der Waals surface area contributed by atoms with Gasteiger partial charge in [0.1, 0.15) is 23.3 Å². The minimum Gasteiger partial charge on any atom is -0.441 e. The Morgan fingerprint density at radius 2 is 2.00 bits per heavy atom. The third-order valence-corrected chi connectivity index (χ3v) is 4.13. The van der Waals surface area contributed by atoms with E-state index in [1.165, 1.54) is 0 Å². The summed E-state index contributed by atoms with van der Waals surface area (Å²) in [4.78, 5) is 31.2. The Bertz CT molecular complexity index is 684. The van der Waals surface area contributed by atoms with Gasteiger partial charge in [0.05, 0.1) is 6.54 Å². The monoisotopic (exact) mass is 336 g/mol. The Morgan fingerprint density at radius 3 is 2.57 bits per heavy atom. The second kappa shape index (κ2) is 5.53. The summed E-state index contributed by atoms with van der Waals surface area (Å²) < 4.78 is 5.20. The summed E-state index contributed by atoms with van der Waals surface area (Å²) in [6.45, 7) is 5.49. The molecule has 1 saturated heterocycles. The summed E-state index contributed by atoms with van der Waals surface area (Å²) in [6, 6.07) is 6.98. The van der Waals surface area contributed by atoms with E-state index in [4.69, 9.17) is 21.2 Å². The molecule has 23 heavy (non-hydrogen) atoms. The van der Waals surface area contributed by atoms with Gasteiger partial charge < -0.3 is 9.57 Å². The van der Waals surface area contributed by atoms with E-state index < -0.39 is 23.7 Å². The van der Waals surface area contributed by atoms with Gasteiger partial charge in [0.15, 0.2) is 0 Å². The molecule has 1 aromatic rings. The number of nitrogens with zero attached hydrogens (tertiary/aromatic N) is 2. The molecule has 2 atom stereocenters. The van der Waals surface area contributed by atoms with Crippen molar-refractivity contribution in [1.82, 2.24) is 4.90 Å². The molecule has 0 unspecified atom stereocenters. The first-order valence-corrected chi connectivity index (χ1v) is 7.70. The van der Waals surface area contributed by atoms with E-state index in [1.54, 1.807) is 45.0 Å². The van der Waals surface area contributed by atoms with Crippen molar-refractivity contribution in [3.05, 3.63) is 34.9 Å². The van der Waals surface area contributed by atoms with Crippen LogP contribution in [-0.4, -0.2) is 40.9 Å². The normalized spacial score (nSPS) is 25.8. The summed E-state index contributed by atoms with van der Waals surface area (Å²) in [5.74, 6) is -1.02. The third-order valence-electron chi connectivity index (χ3n) is 3.88. The van der Waals surface area contributed by atoms with E-state index in [0.717, 1.165) is 10.5 Å². The quantitative estimate of drug-likeness (QED) is 0.832. The number of carbonyl (C=O) groups is 2. The van der Waals surface area contributed by atoms with Crippen LogP contribution in [0.5, 0.6) is 0 Å². The van der Waals surface area contributed by atoms with Crippen molar-refractivity contribution in [2.75, 3.05) is 6.54 Å². The van der Waals surface area contributed by atoms with Gasteiger partial charge in [0.2, 0.25) is 5.91 Å². The molecule has 0 bridgehead atoms. The number of rotatable bonds is 2. The lowest BCUT2D eigenvalue weighted by molar-refractivity contribution is -0.132. The number of halogens is 1. The Labute approximate surface area is 139 Å². The van der Waals surface area contributed by atoms with E-state index in [0.29, 0.717) is 10.7 Å². The van der Waals surface area contributed by atoms with Gasteiger partial charge in [-0.3, -0.25) is 4.79 Å². The maximum Gasteiger partial charge on any atom is 0.417 e. The van der Waals surface area contributed by atoms with E-state index in [9.17, 15) is 9.59 Å². The summed E-state index contributed by atoms with van der Waals surface area (Å²) in [6.07, 6.45) is -1.08. The highest BCUT2D eigenvalue weighted by atomic mass is 35.5. The summed E-state index contributed by atoms with van der Waals surface area (Å²) in [7, 11) is 0. The number of oxime groups is 1. The highest BCUT2D eigenvalue weighted by Gasteiger charge is 2.47. The van der Waals surface area contributed by atoms with Crippen LogP contribution in [0.25, 0.3) is 0 Å². The smallest absolute Gasteiger partial charge is 0.417 e. The van der Waals surface area contributed by atoms with Crippen molar-refractivity contribution in [2.45, 2.75) is 32.5 Å². The fourth-order valence-electron chi connectivity index (χ4n) is 2.76. The lowest BCUT2D eigenvalue weighted by Gasteiger charge is -2.20. The average molecular weight is 337 g/mol. The highest BCUT2D eigenvalue weighted by molar-refractivity contribution is 6.30. The number of amides is 2. The number of cyclic esters (lactones) is 1. The largest absolute Gasteiger partial charge is 0.441 e. The molecule has 2 aliphatic heterocycles. The molecule has 0 saturated carbocycles. The minimum absolute atomic E-state index is 0.210. The molecule has 0 radical (unpaired) electrons. The first-order valence-electron chi connectivity index (χ1n) is 7.32. The number of hydrogen-bond donors (Lipinski definition) is 0. The van der Waals surface area contributed by atoms with Gasteiger partial charge in [-0.05, 0) is 32.9 Å². The first-order chi connectivity index (χ1) is 10.8. The van der Waals surface area contributed by atoms with Crippen molar-refractivity contribution in [2.24, 2.45) is 11.1 Å². The van der Waals surface area contributed by atoms with Crippen LogP contribution in [0.1, 0.15) is 26.3 Å². The number of hydrogen-bond acceptors (Lipinski definition) is 5. The Morgan fingerprint density at radius 1 is 1.35 bits per heavy atom. The molecule has 7 heteroatoms. The molecular weight excluding hydrogens is 320 g/mol. The maximum absolute atomic E-state index is 12.8. The Kier molecular flexibility index (Phi) is 3.80. The minimum atomic E-state index is -0.687. The molecule has 0 spiro atoms. The fourth-order valence-corrected chi connectivity index (χ4v) is 2.88. The highest BCUT2D eigenvalue weighted by Crippen LogP contribution is 2.29. The Balaban J connectivity index is 1.88. The van der Waals surface area contributed by atoms with E-state index in [2.05, 4.69) is 5.16 Å². The van der Waals surface area contributed by atoms with E-state index in [-0.39, 0.29) is 12.5 Å². The molecule has 2 heterocycles. The molecule has 2 amide bonds. The zero-order chi connectivity index (χ0) is 16.8. The second-order valence-electron chi connectivity index (χ2n) is 6.32. The summed E-state index contributed by atoms with van der Waals surface area (Å²) in [5.41, 5.74) is 0.549. The molecule has 3 rings (SSSR count). The molecule has 0 N–H and O–H groups in total. The molecular formula is C16H17ClN2O4. The number of ether oxygens (including phenoxy) is 1. The van der Waals surface area contributed by atoms with Gasteiger partial charge >= 0.3 is 6.09 Å². The third kappa shape index (κ3) is 2.91. The number of imide groups is 1. The zero-order valence-electron chi connectivity index (χ0n) is 13.1. The predicted molar refractivity (Wildman–Crippen MR) is 84.3 cm³/mol. The van der Waals surface area contributed by atoms with Crippen LogP contribution in [0.15, 0.2) is 29.4 Å². The first kappa shape index (κ1) is 15.8. The van der Waals surface area contributed by atoms with Crippen molar-refractivity contribution in [1.29, 1.82) is 0 Å². The van der Waals surface area contributed by atoms with Crippen LogP contribution in [-0.2, 0) is 14.4 Å². The molecule has 1 fully saturated rings. The SMILES string of the molecule is C[C@@H]1ON=C(c2ccc(Cl)cc2)[C@H]1C(=O)N1CC(C)(C)OC1=O. The molecule has 1 aromatic carbocycles. The van der Waals surface area contributed by atoms with Gasteiger partial charge in [-0.1, -0.05) is 28.9 Å². The van der Waals surface area contributed by atoms with Crippen LogP contribution in [0.3, 0.4) is 0 Å². The average Bonchev–Trinajstić information content (AvgIpc) is 2.98. The van der Waals surface area contributed by atoms with Crippen LogP contribution >= 0.6 is 11.6 Å². The van der Waals surface area contributed by atoms with Crippen molar-refractivity contribution < 1.29 is 19.2 Å². The second-order valence-corrected chi connectivity index (χ2v) is 6.76. The predicted octanol–water partition coefficient (Wildman–Crippen LogP) is 2.84. The molecule has 122 valence electrons. The fraction of sp³-hybridized carbons (Fsp3) is 0.438. The lowest BCUT2D eigenvalue weighted by atomic mass is 9.91. The van der Waals surface area contributed by atoms with E-state index >= 15 is 0 Å². The molecule has 0 aromatic heterocycles. The standard InChI is InChI=1S/C16H17ClN2O4/c1-9-12(14(20)19-8-16(2,3)22-15(19)21)13(18-23-9)10-4-6-11(17)7-5-10/h4-7,9,12H,8H2,1-3H3/t9-,12-/m0/s1. The maximum atomic E-state index is 12.8. The Hall–Kier alpha value is -2.08. The molecule has 6 nitrogen and oxygen atoms in total. The number of benzene rings is 1. The van der Waals surface area contributed by atoms with Gasteiger partial charge in [-0.15, -0.1) is 0 Å². The van der Waals surface area contributed by atoms with Crippen LogP contribution < -0.4 is 0 Å². The van der Waals surface area contributed by atoms with Crippen LogP contribution in [0, 0.1) is 5.92 Å². The molecule has 0 aliphatic carbocycles. The van der Waals surface area contributed by atoms with Gasteiger partial charge in [-0.2, -0.15) is 0 Å². The van der Waals surface area contributed by atoms with Gasteiger partial charge in [-0.25, -0.2) is 9.69 Å². The van der Waals surface area contributed by atoms with E-state index in [1.807, 2.05) is 0 Å².